The molecule has 0 aliphatic carbocycles. The lowest BCUT2D eigenvalue weighted by atomic mass is 9.91. The first-order valence-corrected chi connectivity index (χ1v) is 16.4. The predicted molar refractivity (Wildman–Crippen MR) is 200 cm³/mol. The summed E-state index contributed by atoms with van der Waals surface area (Å²) >= 11 is 0. The summed E-state index contributed by atoms with van der Waals surface area (Å²) in [5.41, 5.74) is 16.6. The molecule has 3 heterocycles. The van der Waals surface area contributed by atoms with Gasteiger partial charge in [-0.2, -0.15) is 29.8 Å². The van der Waals surface area contributed by atoms with Gasteiger partial charge in [0.15, 0.2) is 34.6 Å². The minimum absolute atomic E-state index is 0.110. The third kappa shape index (κ3) is 7.70. The van der Waals surface area contributed by atoms with Crippen LogP contribution in [0.5, 0.6) is 0 Å². The van der Waals surface area contributed by atoms with E-state index in [0.717, 1.165) is 0 Å². The molecule has 270 valence electrons. The summed E-state index contributed by atoms with van der Waals surface area (Å²) in [6, 6.07) is 15.3. The molecule has 16 nitrogen and oxygen atoms in total. The molecule has 3 aromatic heterocycles. The number of carbonyl (C=O) groups is 2. The Morgan fingerprint density at radius 2 is 0.942 bits per heavy atom. The Kier molecular flexibility index (Phi) is 10.0. The fraction of sp³-hybridized carbons (Fsp3) is 0.333. The zero-order valence-electron chi connectivity index (χ0n) is 31.1. The average molecular weight is 705 g/mol. The number of carbonyl (C=O) groups excluding carboxylic acids is 2. The summed E-state index contributed by atoms with van der Waals surface area (Å²) in [4.78, 5) is 36.5. The number of aromatic nitrogens is 6. The number of hydrogen-bond acceptors (Lipinski definition) is 12. The number of amides is 2. The van der Waals surface area contributed by atoms with Crippen molar-refractivity contribution in [3.05, 3.63) is 83.4 Å². The van der Waals surface area contributed by atoms with Gasteiger partial charge in [0, 0.05) is 56.2 Å². The molecule has 0 radical (unpaired) electrons. The molecule has 0 fully saturated rings. The molecule has 0 atom stereocenters. The third-order valence-corrected chi connectivity index (χ3v) is 7.86. The first-order valence-electron chi connectivity index (χ1n) is 16.4. The Labute approximate surface area is 302 Å². The van der Waals surface area contributed by atoms with Gasteiger partial charge < -0.3 is 21.3 Å². The van der Waals surface area contributed by atoms with Crippen LogP contribution in [0.25, 0.3) is 11.6 Å². The molecule has 5 rings (SSSR count). The minimum Gasteiger partial charge on any atom is -0.382 e. The van der Waals surface area contributed by atoms with Gasteiger partial charge in [0.1, 0.15) is 6.33 Å². The summed E-state index contributed by atoms with van der Waals surface area (Å²) in [7, 11) is 6.79. The van der Waals surface area contributed by atoms with E-state index in [-0.39, 0.29) is 23.5 Å². The van der Waals surface area contributed by atoms with Crippen LogP contribution in [0.1, 0.15) is 73.6 Å². The molecule has 0 saturated carbocycles. The quantitative estimate of drug-likeness (QED) is 0.163. The van der Waals surface area contributed by atoms with Gasteiger partial charge >= 0.3 is 0 Å². The maximum Gasteiger partial charge on any atom is 0.253 e. The van der Waals surface area contributed by atoms with Gasteiger partial charge in [-0.25, -0.2) is 9.97 Å². The molecule has 52 heavy (non-hydrogen) atoms. The van der Waals surface area contributed by atoms with Crippen molar-refractivity contribution in [3.63, 3.8) is 0 Å². The van der Waals surface area contributed by atoms with Crippen molar-refractivity contribution in [2.45, 2.75) is 52.4 Å². The number of azo groups is 2. The van der Waals surface area contributed by atoms with Crippen molar-refractivity contribution in [3.8, 4) is 11.6 Å². The highest BCUT2D eigenvalue weighted by Gasteiger charge is 2.29. The number of nitrogens with two attached hydrogens (primary N) is 2. The van der Waals surface area contributed by atoms with Crippen LogP contribution < -0.4 is 11.5 Å². The van der Waals surface area contributed by atoms with Gasteiger partial charge in [-0.05, 0) is 48.5 Å². The summed E-state index contributed by atoms with van der Waals surface area (Å²) in [6.07, 6.45) is 1.37. The lowest BCUT2D eigenvalue weighted by molar-refractivity contribution is 0.0820. The molecule has 5 aromatic rings. The standard InChI is InChI=1S/C36H44N14O2/c1-35(2,3)29-27(43-41-23-15-11-21(12-16-23)33(51)47(7)8)31(37)49(45-29)25-19-26(40-20-39-25)50-32(38)28(30(46-50)36(4,5)6)44-42-24-17-13-22(14-18-24)34(52)48(9)10/h11-20H,37-38H2,1-10H3/b43-41+,44-42+. The maximum atomic E-state index is 12.3. The van der Waals surface area contributed by atoms with E-state index in [0.29, 0.717) is 56.9 Å². The highest BCUT2D eigenvalue weighted by molar-refractivity contribution is 5.94. The van der Waals surface area contributed by atoms with Crippen molar-refractivity contribution in [1.29, 1.82) is 0 Å². The smallest absolute Gasteiger partial charge is 0.253 e. The van der Waals surface area contributed by atoms with Crippen molar-refractivity contribution < 1.29 is 9.59 Å². The molecular formula is C36H44N14O2. The second-order valence-electron chi connectivity index (χ2n) is 14.6. The largest absolute Gasteiger partial charge is 0.382 e. The van der Waals surface area contributed by atoms with Gasteiger partial charge in [-0.15, -0.1) is 10.2 Å². The van der Waals surface area contributed by atoms with Gasteiger partial charge in [-0.3, -0.25) is 9.59 Å². The van der Waals surface area contributed by atoms with Gasteiger partial charge in [0.2, 0.25) is 0 Å². The predicted octanol–water partition coefficient (Wildman–Crippen LogP) is 6.84. The summed E-state index contributed by atoms with van der Waals surface area (Å²) < 4.78 is 2.96. The number of nitrogen functional groups attached to an aromatic ring is 2. The van der Waals surface area contributed by atoms with Crippen LogP contribution in [-0.4, -0.2) is 79.3 Å². The van der Waals surface area contributed by atoms with Crippen LogP contribution in [-0.2, 0) is 10.8 Å². The Bertz CT molecular complexity index is 2010. The van der Waals surface area contributed by atoms with E-state index in [1.807, 2.05) is 41.5 Å². The number of rotatable bonds is 8. The van der Waals surface area contributed by atoms with E-state index >= 15 is 0 Å². The Morgan fingerprint density at radius 1 is 0.596 bits per heavy atom. The third-order valence-electron chi connectivity index (χ3n) is 7.86. The fourth-order valence-electron chi connectivity index (χ4n) is 5.04. The van der Waals surface area contributed by atoms with Gasteiger partial charge in [-0.1, -0.05) is 41.5 Å². The van der Waals surface area contributed by atoms with E-state index in [1.54, 1.807) is 82.8 Å². The molecule has 16 heteroatoms. The Balaban J connectivity index is 1.51. The van der Waals surface area contributed by atoms with E-state index in [4.69, 9.17) is 21.7 Å². The molecule has 0 aliphatic heterocycles. The summed E-state index contributed by atoms with van der Waals surface area (Å²) in [5.74, 6) is 0.916. The highest BCUT2D eigenvalue weighted by atomic mass is 16.2. The first-order chi connectivity index (χ1) is 24.4. The second kappa shape index (κ2) is 14.1. The zero-order chi connectivity index (χ0) is 38.1. The van der Waals surface area contributed by atoms with E-state index in [9.17, 15) is 9.59 Å². The molecule has 2 aromatic carbocycles. The van der Waals surface area contributed by atoms with E-state index in [1.165, 1.54) is 25.5 Å². The fourth-order valence-corrected chi connectivity index (χ4v) is 5.04. The lowest BCUT2D eigenvalue weighted by Crippen LogP contribution is -2.21. The summed E-state index contributed by atoms with van der Waals surface area (Å²) in [5, 5.41) is 27.4. The maximum absolute atomic E-state index is 12.3. The Hall–Kier alpha value is -6.32. The molecule has 2 amide bonds. The zero-order valence-corrected chi connectivity index (χ0v) is 31.1. The molecule has 4 N–H and O–H groups in total. The minimum atomic E-state index is -0.457. The molecule has 0 saturated heterocycles. The lowest BCUT2D eigenvalue weighted by Gasteiger charge is -2.15. The number of anilines is 2. The molecule has 0 bridgehead atoms. The number of nitrogens with zero attached hydrogens (tertiary/aromatic N) is 12. The average Bonchev–Trinajstić information content (AvgIpc) is 3.62. The molecule has 0 aliphatic rings. The van der Waals surface area contributed by atoms with Crippen LogP contribution in [0.3, 0.4) is 0 Å². The SMILES string of the molecule is CN(C)C(=O)c1ccc(/N=N/c2c(C(C)(C)C)nn(-c3cc(-n4nc(C(C)(C)C)c(/N=N/c5ccc(C(=O)N(C)C)cc5)c4N)ncn3)c2N)cc1. The van der Waals surface area contributed by atoms with E-state index in [2.05, 4.69) is 30.4 Å². The van der Waals surface area contributed by atoms with Crippen LogP contribution in [0.4, 0.5) is 34.4 Å². The first kappa shape index (κ1) is 36.9. The van der Waals surface area contributed by atoms with Crippen LogP contribution in [0.15, 0.2) is 81.4 Å². The monoisotopic (exact) mass is 704 g/mol. The van der Waals surface area contributed by atoms with Crippen molar-refractivity contribution in [1.82, 2.24) is 39.3 Å². The molecular weight excluding hydrogens is 660 g/mol. The van der Waals surface area contributed by atoms with Crippen LogP contribution in [0.2, 0.25) is 0 Å². The topological polar surface area (TPSA) is 204 Å². The number of benzene rings is 2. The van der Waals surface area contributed by atoms with Gasteiger partial charge in [0.05, 0.1) is 22.8 Å². The van der Waals surface area contributed by atoms with E-state index < -0.39 is 10.8 Å². The highest BCUT2D eigenvalue weighted by Crippen LogP contribution is 2.39. The Morgan fingerprint density at radius 3 is 1.25 bits per heavy atom. The molecule has 0 unspecified atom stereocenters. The molecule has 0 spiro atoms. The van der Waals surface area contributed by atoms with Crippen molar-refractivity contribution in [2.75, 3.05) is 39.7 Å². The van der Waals surface area contributed by atoms with Crippen LogP contribution in [0, 0.1) is 0 Å². The summed E-state index contributed by atoms with van der Waals surface area (Å²) in [6.45, 7) is 12.0. The van der Waals surface area contributed by atoms with Crippen LogP contribution >= 0.6 is 0 Å². The second-order valence-corrected chi connectivity index (χ2v) is 14.6. The normalized spacial score (nSPS) is 12.2. The number of hydrogen-bond donors (Lipinski definition) is 2. The van der Waals surface area contributed by atoms with Crippen molar-refractivity contribution in [2.24, 2.45) is 20.5 Å². The van der Waals surface area contributed by atoms with Gasteiger partial charge in [0.25, 0.3) is 11.8 Å². The van der Waals surface area contributed by atoms with Crippen molar-refractivity contribution >= 4 is 46.2 Å².